The highest BCUT2D eigenvalue weighted by molar-refractivity contribution is 4.96. The first-order valence-corrected chi connectivity index (χ1v) is 13.5. The van der Waals surface area contributed by atoms with Crippen LogP contribution in [-0.2, 0) is 33.2 Å². The van der Waals surface area contributed by atoms with Gasteiger partial charge in [-0.25, -0.2) is 0 Å². The van der Waals surface area contributed by atoms with Gasteiger partial charge in [0, 0.05) is 13.7 Å². The lowest BCUT2D eigenvalue weighted by Gasteiger charge is -2.48. The minimum absolute atomic E-state index is 0.224. The molecule has 0 amide bonds. The third kappa shape index (κ3) is 7.65. The van der Waals surface area contributed by atoms with Gasteiger partial charge in [0.25, 0.3) is 0 Å². The maximum Gasteiger partial charge on any atom is 0.187 e. The van der Waals surface area contributed by atoms with Crippen LogP contribution < -0.4 is 5.73 Å². The summed E-state index contributed by atoms with van der Waals surface area (Å²) in [6.45, 7) is 0.975. The van der Waals surface area contributed by atoms with Gasteiger partial charge in [0.15, 0.2) is 18.9 Å². The molecule has 0 aromatic rings. The normalized spacial score (nSPS) is 46.4. The molecule has 3 heterocycles. The summed E-state index contributed by atoms with van der Waals surface area (Å²) in [5.74, 6) is 0. The van der Waals surface area contributed by atoms with Gasteiger partial charge in [0.2, 0.25) is 0 Å². The molecule has 3 fully saturated rings. The van der Waals surface area contributed by atoms with Crippen LogP contribution in [0.4, 0.5) is 0 Å². The Morgan fingerprint density at radius 1 is 0.625 bits per heavy atom. The Morgan fingerprint density at radius 3 is 1.88 bits per heavy atom. The lowest BCUT2D eigenvalue weighted by molar-refractivity contribution is -0.380. The largest absolute Gasteiger partial charge is 0.394 e. The Morgan fingerprint density at radius 2 is 1.25 bits per heavy atom. The molecule has 0 bridgehead atoms. The molecule has 0 radical (unpaired) electrons. The lowest BCUT2D eigenvalue weighted by atomic mass is 9.96. The van der Waals surface area contributed by atoms with Crippen LogP contribution in [0.5, 0.6) is 0 Å². The SMILES string of the molecule is CO[C@H]1[C@H](O[C@@H]2[C@@H](O)[C@H](OCCCCCN)O[C@H](CO)[C@H]2O)O[C@@H](C)[C@@H](O)[C@H]1O[C@@H]1O[C@H](CO)[C@@H](O)[C@H](O)[C@H]1O. The number of methoxy groups -OCH3 is 1. The number of ether oxygens (including phenoxy) is 7. The standard InChI is InChI=1S/C24H45NO15/c1-10-13(28)20(40-23-17(32)16(31)14(29)11(8-26)38-23)21(34-2)24(36-10)39-19-15(30)12(9-27)37-22(18(19)33)35-7-5-3-4-6-25/h10-24,26-33H,3-9,25H2,1-2H3/t10-,11+,12+,13+,14+,15+,16-,17+,18+,19-,20+,21+,22+,23-,24-/m0/s1. The summed E-state index contributed by atoms with van der Waals surface area (Å²) < 4.78 is 39.6. The Bertz CT molecular complexity index is 736. The summed E-state index contributed by atoms with van der Waals surface area (Å²) in [6.07, 6.45) is -18.7. The summed E-state index contributed by atoms with van der Waals surface area (Å²) in [5.41, 5.74) is 5.49. The fourth-order valence-electron chi connectivity index (χ4n) is 4.96. The van der Waals surface area contributed by atoms with E-state index in [1.165, 1.54) is 14.0 Å². The third-order valence-corrected chi connectivity index (χ3v) is 7.41. The first kappa shape index (κ1) is 33.9. The minimum Gasteiger partial charge on any atom is -0.394 e. The maximum absolute atomic E-state index is 11.0. The fraction of sp³-hybridized carbons (Fsp3) is 1.00. The van der Waals surface area contributed by atoms with Gasteiger partial charge in [0.1, 0.15) is 67.1 Å². The molecule has 15 atom stereocenters. The van der Waals surface area contributed by atoms with E-state index in [0.717, 1.165) is 12.8 Å². The Balaban J connectivity index is 1.75. The number of aliphatic hydroxyl groups is 8. The van der Waals surface area contributed by atoms with Gasteiger partial charge in [-0.15, -0.1) is 0 Å². The average molecular weight is 588 g/mol. The first-order valence-electron chi connectivity index (χ1n) is 13.5. The van der Waals surface area contributed by atoms with E-state index in [1.54, 1.807) is 0 Å². The van der Waals surface area contributed by atoms with Crippen molar-refractivity contribution in [3.05, 3.63) is 0 Å². The highest BCUT2D eigenvalue weighted by Crippen LogP contribution is 2.33. The van der Waals surface area contributed by atoms with Crippen LogP contribution in [0.15, 0.2) is 0 Å². The van der Waals surface area contributed by atoms with E-state index in [-0.39, 0.29) is 6.61 Å². The molecule has 3 rings (SSSR count). The van der Waals surface area contributed by atoms with Crippen LogP contribution in [-0.4, -0.2) is 166 Å². The highest BCUT2D eigenvalue weighted by atomic mass is 16.8. The molecule has 3 aliphatic heterocycles. The monoisotopic (exact) mass is 587 g/mol. The number of rotatable bonds is 13. The zero-order chi connectivity index (χ0) is 29.6. The fourth-order valence-corrected chi connectivity index (χ4v) is 4.96. The lowest BCUT2D eigenvalue weighted by Crippen LogP contribution is -2.66. The predicted octanol–water partition coefficient (Wildman–Crippen LogP) is -4.74. The molecule has 3 saturated heterocycles. The van der Waals surface area contributed by atoms with Crippen molar-refractivity contribution in [1.29, 1.82) is 0 Å². The quantitative estimate of drug-likeness (QED) is 0.0917. The number of hydrogen-bond donors (Lipinski definition) is 9. The molecule has 0 spiro atoms. The first-order chi connectivity index (χ1) is 19.1. The van der Waals surface area contributed by atoms with Gasteiger partial charge in [-0.1, -0.05) is 0 Å². The average Bonchev–Trinajstić information content (AvgIpc) is 2.94. The van der Waals surface area contributed by atoms with Crippen molar-refractivity contribution < 1.29 is 74.0 Å². The number of nitrogens with two attached hydrogens (primary N) is 1. The molecule has 3 aliphatic rings. The van der Waals surface area contributed by atoms with E-state index in [9.17, 15) is 40.9 Å². The van der Waals surface area contributed by atoms with Crippen LogP contribution in [0.3, 0.4) is 0 Å². The second kappa shape index (κ2) is 15.7. The topological polar surface area (TPSA) is 252 Å². The predicted molar refractivity (Wildman–Crippen MR) is 131 cm³/mol. The van der Waals surface area contributed by atoms with Crippen LogP contribution >= 0.6 is 0 Å². The van der Waals surface area contributed by atoms with Crippen molar-refractivity contribution in [2.24, 2.45) is 5.73 Å². The minimum atomic E-state index is -1.74. The molecule has 10 N–H and O–H groups in total. The zero-order valence-corrected chi connectivity index (χ0v) is 22.6. The van der Waals surface area contributed by atoms with Gasteiger partial charge >= 0.3 is 0 Å². The van der Waals surface area contributed by atoms with Crippen molar-refractivity contribution >= 4 is 0 Å². The smallest absolute Gasteiger partial charge is 0.187 e. The number of aliphatic hydroxyl groups excluding tert-OH is 8. The van der Waals surface area contributed by atoms with Crippen molar-refractivity contribution in [1.82, 2.24) is 0 Å². The molecular formula is C24H45NO15. The summed E-state index contributed by atoms with van der Waals surface area (Å²) in [4.78, 5) is 0. The summed E-state index contributed by atoms with van der Waals surface area (Å²) >= 11 is 0. The van der Waals surface area contributed by atoms with Crippen molar-refractivity contribution in [2.75, 3.05) is 33.5 Å². The van der Waals surface area contributed by atoms with Crippen molar-refractivity contribution in [2.45, 2.75) is 118 Å². The van der Waals surface area contributed by atoms with Crippen molar-refractivity contribution in [3.8, 4) is 0 Å². The molecule has 0 aliphatic carbocycles. The Kier molecular flexibility index (Phi) is 13.3. The second-order valence-corrected chi connectivity index (χ2v) is 10.2. The van der Waals surface area contributed by atoms with Crippen molar-refractivity contribution in [3.63, 3.8) is 0 Å². The molecular weight excluding hydrogens is 542 g/mol. The van der Waals surface area contributed by atoms with Crippen LogP contribution in [0.2, 0.25) is 0 Å². The van der Waals surface area contributed by atoms with Gasteiger partial charge in [-0.3, -0.25) is 0 Å². The van der Waals surface area contributed by atoms with E-state index in [1.807, 2.05) is 0 Å². The Labute approximate surface area is 232 Å². The Hall–Kier alpha value is -0.640. The molecule has 40 heavy (non-hydrogen) atoms. The molecule has 0 saturated carbocycles. The zero-order valence-electron chi connectivity index (χ0n) is 22.6. The summed E-state index contributed by atoms with van der Waals surface area (Å²) in [7, 11) is 1.26. The van der Waals surface area contributed by atoms with E-state index in [4.69, 9.17) is 38.9 Å². The number of unbranched alkanes of at least 4 members (excludes halogenated alkanes) is 2. The molecule has 0 unspecified atom stereocenters. The van der Waals surface area contributed by atoms with E-state index in [0.29, 0.717) is 13.0 Å². The molecule has 16 heteroatoms. The third-order valence-electron chi connectivity index (χ3n) is 7.41. The molecule has 16 nitrogen and oxygen atoms in total. The molecule has 0 aromatic heterocycles. The van der Waals surface area contributed by atoms with Gasteiger partial charge in [0.05, 0.1) is 19.3 Å². The van der Waals surface area contributed by atoms with E-state index in [2.05, 4.69) is 0 Å². The van der Waals surface area contributed by atoms with Crippen LogP contribution in [0.25, 0.3) is 0 Å². The van der Waals surface area contributed by atoms with Gasteiger partial charge in [-0.05, 0) is 32.7 Å². The number of hydrogen-bond acceptors (Lipinski definition) is 16. The van der Waals surface area contributed by atoms with Gasteiger partial charge < -0.3 is 79.7 Å². The molecule has 0 aromatic carbocycles. The highest BCUT2D eigenvalue weighted by Gasteiger charge is 2.53. The summed E-state index contributed by atoms with van der Waals surface area (Å²) in [5, 5.41) is 82.4. The van der Waals surface area contributed by atoms with E-state index < -0.39 is 105 Å². The van der Waals surface area contributed by atoms with Gasteiger partial charge in [-0.2, -0.15) is 0 Å². The van der Waals surface area contributed by atoms with Crippen LogP contribution in [0, 0.1) is 0 Å². The molecule has 236 valence electrons. The van der Waals surface area contributed by atoms with Crippen LogP contribution in [0.1, 0.15) is 26.2 Å². The van der Waals surface area contributed by atoms with E-state index >= 15 is 0 Å². The summed E-state index contributed by atoms with van der Waals surface area (Å²) in [6, 6.07) is 0. The second-order valence-electron chi connectivity index (χ2n) is 10.2. The maximum atomic E-state index is 11.0.